The number of hydrogen-bond donors (Lipinski definition) is 3. The Hall–Kier alpha value is -2.46. The van der Waals surface area contributed by atoms with Crippen molar-refractivity contribution >= 4 is 33.5 Å². The summed E-state index contributed by atoms with van der Waals surface area (Å²) in [4.78, 5) is 34.7. The van der Waals surface area contributed by atoms with Crippen LogP contribution in [-0.4, -0.2) is 44.4 Å². The van der Waals surface area contributed by atoms with E-state index >= 15 is 0 Å². The van der Waals surface area contributed by atoms with Crippen molar-refractivity contribution in [1.82, 2.24) is 10.0 Å². The predicted octanol–water partition coefficient (Wildman–Crippen LogP) is 0.768. The van der Waals surface area contributed by atoms with Crippen LogP contribution in [0, 0.1) is 0 Å². The van der Waals surface area contributed by atoms with Crippen LogP contribution in [0.3, 0.4) is 0 Å². The van der Waals surface area contributed by atoms with Crippen LogP contribution < -0.4 is 15.4 Å². The lowest BCUT2D eigenvalue weighted by Crippen LogP contribution is -2.44. The lowest BCUT2D eigenvalue weighted by atomic mass is 10.3. The molecule has 0 bridgehead atoms. The third kappa shape index (κ3) is 7.35. The molecule has 0 fully saturated rings. The van der Waals surface area contributed by atoms with Crippen molar-refractivity contribution < 1.29 is 27.5 Å². The van der Waals surface area contributed by atoms with Crippen LogP contribution >= 0.6 is 0 Å². The summed E-state index contributed by atoms with van der Waals surface area (Å²) >= 11 is 0. The van der Waals surface area contributed by atoms with E-state index in [9.17, 15) is 22.8 Å². The molecule has 9 nitrogen and oxygen atoms in total. The van der Waals surface area contributed by atoms with E-state index in [4.69, 9.17) is 4.74 Å². The van der Waals surface area contributed by atoms with Crippen molar-refractivity contribution in [2.45, 2.75) is 57.7 Å². The maximum Gasteiger partial charge on any atom is 0.324 e. The molecule has 1 aromatic rings. The molecule has 0 radical (unpaired) electrons. The molecule has 150 valence electrons. The average molecular weight is 399 g/mol. The molecule has 0 saturated carbocycles. The highest BCUT2D eigenvalue weighted by molar-refractivity contribution is 7.89. The van der Waals surface area contributed by atoms with E-state index in [0.29, 0.717) is 5.69 Å². The second-order valence-corrected chi connectivity index (χ2v) is 8.00. The molecule has 0 saturated heterocycles. The molecular weight excluding hydrogens is 374 g/mol. The first-order chi connectivity index (χ1) is 12.4. The fourth-order valence-electron chi connectivity index (χ4n) is 2.00. The smallest absolute Gasteiger partial charge is 0.324 e. The molecule has 1 rings (SSSR count). The van der Waals surface area contributed by atoms with Gasteiger partial charge in [-0.15, -0.1) is 0 Å². The Labute approximate surface area is 158 Å². The first-order valence-corrected chi connectivity index (χ1v) is 9.81. The van der Waals surface area contributed by atoms with Crippen LogP contribution in [0.1, 0.15) is 34.6 Å². The van der Waals surface area contributed by atoms with E-state index < -0.39 is 34.0 Å². The highest BCUT2D eigenvalue weighted by Gasteiger charge is 2.26. The van der Waals surface area contributed by atoms with Gasteiger partial charge in [0.05, 0.1) is 4.90 Å². The van der Waals surface area contributed by atoms with E-state index in [-0.39, 0.29) is 16.8 Å². The molecule has 0 unspecified atom stereocenters. The van der Waals surface area contributed by atoms with Gasteiger partial charge in [0.25, 0.3) is 5.91 Å². The molecule has 0 aromatic heterocycles. The minimum atomic E-state index is -3.99. The van der Waals surface area contributed by atoms with Gasteiger partial charge in [0.2, 0.25) is 15.9 Å². The fraction of sp³-hybridized carbons (Fsp3) is 0.471. The standard InChI is InChI=1S/C17H25N3O6S/c1-10(2)18-16(22)12(4)26-17(23)11(3)20-27(24,25)15-8-6-14(7-9-15)19-13(5)21/h6-12,20H,1-5H3,(H,18,22)(H,19,21)/t11-,12-/m0/s1. The Balaban J connectivity index is 2.73. The summed E-state index contributed by atoms with van der Waals surface area (Å²) in [5, 5.41) is 5.12. The number of amides is 2. The second kappa shape index (κ2) is 9.47. The number of sulfonamides is 1. The van der Waals surface area contributed by atoms with Crippen LogP contribution in [0.2, 0.25) is 0 Å². The van der Waals surface area contributed by atoms with Gasteiger partial charge in [-0.3, -0.25) is 14.4 Å². The number of ether oxygens (including phenoxy) is 1. The van der Waals surface area contributed by atoms with Gasteiger partial charge in [0.15, 0.2) is 6.10 Å². The quantitative estimate of drug-likeness (QED) is 0.554. The van der Waals surface area contributed by atoms with Gasteiger partial charge in [0, 0.05) is 18.7 Å². The Morgan fingerprint density at radius 1 is 1.00 bits per heavy atom. The molecule has 0 aliphatic heterocycles. The van der Waals surface area contributed by atoms with Crippen molar-refractivity contribution in [2.75, 3.05) is 5.32 Å². The predicted molar refractivity (Wildman–Crippen MR) is 99.4 cm³/mol. The summed E-state index contributed by atoms with van der Waals surface area (Å²) in [6.45, 7) is 7.58. The molecule has 0 aliphatic rings. The van der Waals surface area contributed by atoms with Gasteiger partial charge in [-0.05, 0) is 52.0 Å². The summed E-state index contributed by atoms with van der Waals surface area (Å²) in [5.74, 6) is -1.63. The summed E-state index contributed by atoms with van der Waals surface area (Å²) in [6, 6.07) is 4.14. The number of anilines is 1. The first kappa shape index (κ1) is 22.6. The van der Waals surface area contributed by atoms with E-state index in [0.717, 1.165) is 0 Å². The number of nitrogens with one attached hydrogen (secondary N) is 3. The largest absolute Gasteiger partial charge is 0.451 e. The molecule has 2 amide bonds. The number of benzene rings is 1. The van der Waals surface area contributed by atoms with Crippen LogP contribution in [0.4, 0.5) is 5.69 Å². The third-order valence-corrected chi connectivity index (χ3v) is 4.82. The Morgan fingerprint density at radius 2 is 1.56 bits per heavy atom. The van der Waals surface area contributed by atoms with E-state index in [2.05, 4.69) is 15.4 Å². The molecule has 27 heavy (non-hydrogen) atoms. The van der Waals surface area contributed by atoms with E-state index in [1.807, 2.05) is 0 Å². The fourth-order valence-corrected chi connectivity index (χ4v) is 3.19. The van der Waals surface area contributed by atoms with Gasteiger partial charge in [-0.1, -0.05) is 0 Å². The molecule has 0 heterocycles. The number of rotatable bonds is 8. The third-order valence-electron chi connectivity index (χ3n) is 3.26. The zero-order chi connectivity index (χ0) is 20.8. The number of hydrogen-bond acceptors (Lipinski definition) is 6. The van der Waals surface area contributed by atoms with Gasteiger partial charge < -0.3 is 15.4 Å². The Morgan fingerprint density at radius 3 is 2.04 bits per heavy atom. The van der Waals surface area contributed by atoms with Crippen LogP contribution in [0.5, 0.6) is 0 Å². The van der Waals surface area contributed by atoms with Gasteiger partial charge in [0.1, 0.15) is 6.04 Å². The minimum Gasteiger partial charge on any atom is -0.451 e. The van der Waals surface area contributed by atoms with Crippen LogP contribution in [0.15, 0.2) is 29.2 Å². The van der Waals surface area contributed by atoms with E-state index in [1.54, 1.807) is 13.8 Å². The van der Waals surface area contributed by atoms with Crippen molar-refractivity contribution in [3.05, 3.63) is 24.3 Å². The summed E-state index contributed by atoms with van der Waals surface area (Å²) < 4.78 is 31.9. The van der Waals surface area contributed by atoms with Crippen molar-refractivity contribution in [1.29, 1.82) is 0 Å². The van der Waals surface area contributed by atoms with Gasteiger partial charge in [-0.2, -0.15) is 4.72 Å². The van der Waals surface area contributed by atoms with Crippen molar-refractivity contribution in [3.8, 4) is 0 Å². The molecular formula is C17H25N3O6S. The van der Waals surface area contributed by atoms with Crippen molar-refractivity contribution in [3.63, 3.8) is 0 Å². The molecule has 2 atom stereocenters. The van der Waals surface area contributed by atoms with Crippen LogP contribution in [-0.2, 0) is 29.1 Å². The molecule has 0 spiro atoms. The number of esters is 1. The monoisotopic (exact) mass is 399 g/mol. The molecule has 1 aromatic carbocycles. The first-order valence-electron chi connectivity index (χ1n) is 8.33. The normalized spacial score (nSPS) is 13.6. The number of carbonyl (C=O) groups is 3. The maximum atomic E-state index is 12.4. The lowest BCUT2D eigenvalue weighted by molar-refractivity contribution is -0.156. The lowest BCUT2D eigenvalue weighted by Gasteiger charge is -2.18. The summed E-state index contributed by atoms with van der Waals surface area (Å²) in [7, 11) is -3.99. The number of carbonyl (C=O) groups excluding carboxylic acids is 3. The highest BCUT2D eigenvalue weighted by atomic mass is 32.2. The Bertz CT molecular complexity index is 789. The SMILES string of the molecule is CC(=O)Nc1ccc(S(=O)(=O)N[C@@H](C)C(=O)O[C@@H](C)C(=O)NC(C)C)cc1. The maximum absolute atomic E-state index is 12.4. The molecule has 0 aliphatic carbocycles. The highest BCUT2D eigenvalue weighted by Crippen LogP contribution is 2.14. The summed E-state index contributed by atoms with van der Waals surface area (Å²) in [5.41, 5.74) is 0.443. The van der Waals surface area contributed by atoms with Crippen LogP contribution in [0.25, 0.3) is 0 Å². The average Bonchev–Trinajstić information content (AvgIpc) is 2.53. The summed E-state index contributed by atoms with van der Waals surface area (Å²) in [6.07, 6.45) is -1.05. The second-order valence-electron chi connectivity index (χ2n) is 6.29. The van der Waals surface area contributed by atoms with Gasteiger partial charge >= 0.3 is 5.97 Å². The van der Waals surface area contributed by atoms with E-state index in [1.165, 1.54) is 45.0 Å². The molecule has 10 heteroatoms. The zero-order valence-electron chi connectivity index (χ0n) is 15.9. The van der Waals surface area contributed by atoms with Gasteiger partial charge in [-0.25, -0.2) is 8.42 Å². The zero-order valence-corrected chi connectivity index (χ0v) is 16.7. The van der Waals surface area contributed by atoms with Crippen molar-refractivity contribution in [2.24, 2.45) is 0 Å². The Kier molecular flexibility index (Phi) is 7.92. The topological polar surface area (TPSA) is 131 Å². The molecule has 3 N–H and O–H groups in total. The minimum absolute atomic E-state index is 0.0816.